The monoisotopic (exact) mass is 331 g/mol. The van der Waals surface area contributed by atoms with E-state index in [9.17, 15) is 0 Å². The number of benzene rings is 2. The highest BCUT2D eigenvalue weighted by molar-refractivity contribution is 5.84. The van der Waals surface area contributed by atoms with Gasteiger partial charge in [0.05, 0.1) is 24.6 Å². The smallest absolute Gasteiger partial charge is 0.224 e. The van der Waals surface area contributed by atoms with Crippen molar-refractivity contribution < 1.29 is 4.74 Å². The van der Waals surface area contributed by atoms with Crippen LogP contribution < -0.4 is 9.64 Å². The molecule has 3 aromatic rings. The molecule has 0 fully saturated rings. The molecule has 0 saturated heterocycles. The van der Waals surface area contributed by atoms with Crippen LogP contribution in [0.5, 0.6) is 5.88 Å². The van der Waals surface area contributed by atoms with Gasteiger partial charge >= 0.3 is 0 Å². The summed E-state index contributed by atoms with van der Waals surface area (Å²) < 4.78 is 5.42. The van der Waals surface area contributed by atoms with Crippen LogP contribution in [-0.2, 0) is 6.54 Å². The van der Waals surface area contributed by atoms with Crippen molar-refractivity contribution in [1.29, 1.82) is 0 Å². The number of methoxy groups -OCH3 is 1. The van der Waals surface area contributed by atoms with Gasteiger partial charge in [-0.05, 0) is 43.7 Å². The third-order valence-electron chi connectivity index (χ3n) is 4.09. The number of nitrogens with zero attached hydrogens (tertiary/aromatic N) is 3. The number of aromatic nitrogens is 2. The molecule has 25 heavy (non-hydrogen) atoms. The zero-order chi connectivity index (χ0) is 17.8. The van der Waals surface area contributed by atoms with E-state index in [4.69, 9.17) is 11.2 Å². The Hall–Kier alpha value is -3.06. The summed E-state index contributed by atoms with van der Waals surface area (Å²) in [6, 6.07) is 14.5. The maximum absolute atomic E-state index is 5.57. The summed E-state index contributed by atoms with van der Waals surface area (Å²) in [6.45, 7) is 5.19. The highest BCUT2D eigenvalue weighted by Crippen LogP contribution is 2.25. The molecule has 0 bridgehead atoms. The molecule has 0 aliphatic heterocycles. The number of hydrogen-bond donors (Lipinski definition) is 0. The van der Waals surface area contributed by atoms with E-state index in [2.05, 4.69) is 64.1 Å². The van der Waals surface area contributed by atoms with E-state index in [-0.39, 0.29) is 0 Å². The van der Waals surface area contributed by atoms with E-state index in [0.29, 0.717) is 24.8 Å². The Bertz CT molecular complexity index is 926. The molecule has 0 N–H and O–H groups in total. The molecule has 0 saturated carbocycles. The maximum Gasteiger partial charge on any atom is 0.224 e. The zero-order valence-electron chi connectivity index (χ0n) is 14.8. The lowest BCUT2D eigenvalue weighted by molar-refractivity contribution is 0.401. The van der Waals surface area contributed by atoms with Gasteiger partial charge in [-0.1, -0.05) is 29.7 Å². The van der Waals surface area contributed by atoms with Crippen molar-refractivity contribution in [2.75, 3.05) is 18.6 Å². The van der Waals surface area contributed by atoms with Crippen LogP contribution in [0.2, 0.25) is 0 Å². The van der Waals surface area contributed by atoms with E-state index < -0.39 is 0 Å². The Labute approximate surface area is 148 Å². The van der Waals surface area contributed by atoms with Crippen LogP contribution in [0.1, 0.15) is 17.0 Å². The van der Waals surface area contributed by atoms with Gasteiger partial charge in [-0.25, -0.2) is 4.98 Å². The molecular formula is C21H21N3O. The highest BCUT2D eigenvalue weighted by atomic mass is 16.5. The van der Waals surface area contributed by atoms with Crippen molar-refractivity contribution >= 4 is 16.6 Å². The minimum absolute atomic E-state index is 0.544. The fraction of sp³-hybridized carbons (Fsp3) is 0.238. The molecule has 0 spiro atoms. The Morgan fingerprint density at radius 2 is 1.84 bits per heavy atom. The van der Waals surface area contributed by atoms with E-state index in [1.54, 1.807) is 7.11 Å². The fourth-order valence-corrected chi connectivity index (χ4v) is 2.84. The van der Waals surface area contributed by atoms with E-state index in [1.807, 2.05) is 13.0 Å². The number of rotatable bonds is 5. The molecule has 0 radical (unpaired) electrons. The number of aryl methyl sites for hydroxylation is 2. The Morgan fingerprint density at radius 3 is 2.52 bits per heavy atom. The molecule has 0 amide bonds. The van der Waals surface area contributed by atoms with Crippen molar-refractivity contribution in [3.8, 4) is 18.2 Å². The first kappa shape index (κ1) is 16.8. The lowest BCUT2D eigenvalue weighted by atomic mass is 10.1. The van der Waals surface area contributed by atoms with Gasteiger partial charge in [-0.2, -0.15) is 4.98 Å². The summed E-state index contributed by atoms with van der Waals surface area (Å²) in [4.78, 5) is 11.0. The molecule has 0 unspecified atom stereocenters. The normalized spacial score (nSPS) is 10.5. The minimum Gasteiger partial charge on any atom is -0.480 e. The van der Waals surface area contributed by atoms with Crippen molar-refractivity contribution in [3.63, 3.8) is 0 Å². The molecule has 0 aliphatic carbocycles. The number of hydrogen-bond acceptors (Lipinski definition) is 4. The van der Waals surface area contributed by atoms with E-state index in [1.165, 1.54) is 5.56 Å². The van der Waals surface area contributed by atoms with Gasteiger partial charge in [0.1, 0.15) is 5.82 Å². The molecule has 4 nitrogen and oxygen atoms in total. The van der Waals surface area contributed by atoms with Gasteiger partial charge in [-0.15, -0.1) is 6.42 Å². The number of ether oxygens (including phenoxy) is 1. The van der Waals surface area contributed by atoms with Crippen LogP contribution in [0.3, 0.4) is 0 Å². The second-order valence-electron chi connectivity index (χ2n) is 6.03. The summed E-state index contributed by atoms with van der Waals surface area (Å²) in [6.07, 6.45) is 5.57. The molecular weight excluding hydrogens is 310 g/mol. The largest absolute Gasteiger partial charge is 0.480 e. The molecule has 2 aromatic carbocycles. The third kappa shape index (κ3) is 3.72. The summed E-state index contributed by atoms with van der Waals surface area (Å²) in [5.41, 5.74) is 4.35. The first-order chi connectivity index (χ1) is 12.1. The third-order valence-corrected chi connectivity index (χ3v) is 4.09. The van der Waals surface area contributed by atoms with Gasteiger partial charge in [0.25, 0.3) is 0 Å². The van der Waals surface area contributed by atoms with Crippen molar-refractivity contribution in [2.45, 2.75) is 20.4 Å². The van der Waals surface area contributed by atoms with Gasteiger partial charge < -0.3 is 9.64 Å². The first-order valence-corrected chi connectivity index (χ1v) is 8.17. The second-order valence-corrected chi connectivity index (χ2v) is 6.03. The predicted molar refractivity (Wildman–Crippen MR) is 102 cm³/mol. The Balaban J connectivity index is 1.96. The molecule has 4 heteroatoms. The van der Waals surface area contributed by atoms with Crippen LogP contribution in [0, 0.1) is 26.2 Å². The van der Waals surface area contributed by atoms with Crippen LogP contribution in [0.15, 0.2) is 42.5 Å². The molecule has 1 aromatic heterocycles. The summed E-state index contributed by atoms with van der Waals surface area (Å²) in [5, 5.41) is 0.912. The molecule has 126 valence electrons. The number of anilines is 1. The highest BCUT2D eigenvalue weighted by Gasteiger charge is 2.10. The quantitative estimate of drug-likeness (QED) is 0.665. The molecule has 0 atom stereocenters. The van der Waals surface area contributed by atoms with Gasteiger partial charge in [-0.3, -0.25) is 0 Å². The maximum atomic E-state index is 5.57. The number of terminal acetylenes is 1. The van der Waals surface area contributed by atoms with E-state index >= 15 is 0 Å². The average Bonchev–Trinajstić information content (AvgIpc) is 2.61. The van der Waals surface area contributed by atoms with Crippen molar-refractivity contribution in [3.05, 3.63) is 59.4 Å². The summed E-state index contributed by atoms with van der Waals surface area (Å²) in [5.74, 6) is 4.04. The summed E-state index contributed by atoms with van der Waals surface area (Å²) >= 11 is 0. The lowest BCUT2D eigenvalue weighted by Gasteiger charge is -2.23. The van der Waals surface area contributed by atoms with Gasteiger partial charge in [0.2, 0.25) is 5.88 Å². The first-order valence-electron chi connectivity index (χ1n) is 8.17. The van der Waals surface area contributed by atoms with E-state index in [0.717, 1.165) is 22.2 Å². The standard InChI is InChI=1S/C21H21N3O/c1-5-12-24(18-9-6-15(2)7-10-18)14-17-8-11-20-19(13-17)21(25-4)23-16(3)22-20/h1,6-11,13H,12,14H2,2-4H3. The Morgan fingerprint density at radius 1 is 1.08 bits per heavy atom. The zero-order valence-corrected chi connectivity index (χ0v) is 14.8. The van der Waals surface area contributed by atoms with Gasteiger partial charge in [0, 0.05) is 12.2 Å². The van der Waals surface area contributed by atoms with Crippen molar-refractivity contribution in [1.82, 2.24) is 9.97 Å². The molecule has 3 rings (SSSR count). The van der Waals surface area contributed by atoms with Crippen LogP contribution in [0.25, 0.3) is 10.9 Å². The number of fused-ring (bicyclic) bond motifs is 1. The van der Waals surface area contributed by atoms with Crippen LogP contribution >= 0.6 is 0 Å². The predicted octanol–water partition coefficient (Wildman–Crippen LogP) is 3.90. The Kier molecular flexibility index (Phi) is 4.85. The SMILES string of the molecule is C#CCN(Cc1ccc2nc(C)nc(OC)c2c1)c1ccc(C)cc1. The summed E-state index contributed by atoms with van der Waals surface area (Å²) in [7, 11) is 1.63. The fourth-order valence-electron chi connectivity index (χ4n) is 2.84. The van der Waals surface area contributed by atoms with Crippen LogP contribution in [-0.4, -0.2) is 23.6 Å². The van der Waals surface area contributed by atoms with Gasteiger partial charge in [0.15, 0.2) is 0 Å². The van der Waals surface area contributed by atoms with Crippen LogP contribution in [0.4, 0.5) is 5.69 Å². The lowest BCUT2D eigenvalue weighted by Crippen LogP contribution is -2.22. The molecule has 1 heterocycles. The second kappa shape index (κ2) is 7.23. The average molecular weight is 331 g/mol. The minimum atomic E-state index is 0.544. The molecule has 0 aliphatic rings. The topological polar surface area (TPSA) is 38.2 Å². The van der Waals surface area contributed by atoms with Crippen molar-refractivity contribution in [2.24, 2.45) is 0 Å².